The number of benzene rings is 1. The molecule has 0 bridgehead atoms. The summed E-state index contributed by atoms with van der Waals surface area (Å²) in [4.78, 5) is 33.3. The van der Waals surface area contributed by atoms with Gasteiger partial charge >= 0.3 is 6.03 Å². The first kappa shape index (κ1) is 19.1. The fourth-order valence-electron chi connectivity index (χ4n) is 3.32. The number of anilines is 1. The average Bonchev–Trinajstić information content (AvgIpc) is 2.74. The Balaban J connectivity index is 1.92. The van der Waals surface area contributed by atoms with Crippen molar-refractivity contribution in [1.29, 1.82) is 0 Å². The van der Waals surface area contributed by atoms with Gasteiger partial charge in [0, 0.05) is 18.4 Å². The first-order valence-electron chi connectivity index (χ1n) is 9.20. The van der Waals surface area contributed by atoms with Crippen LogP contribution in [-0.4, -0.2) is 27.4 Å². The van der Waals surface area contributed by atoms with Gasteiger partial charge in [-0.3, -0.25) is 9.78 Å². The Bertz CT molecular complexity index is 879. The highest BCUT2D eigenvalue weighted by Crippen LogP contribution is 2.34. The molecule has 0 unspecified atom stereocenters. The Morgan fingerprint density at radius 3 is 2.22 bits per heavy atom. The van der Waals surface area contributed by atoms with Crippen molar-refractivity contribution in [2.75, 3.05) is 4.90 Å². The number of aryl methyl sites for hydroxylation is 1. The van der Waals surface area contributed by atoms with Gasteiger partial charge in [-0.25, -0.2) is 9.69 Å². The summed E-state index contributed by atoms with van der Waals surface area (Å²) in [7, 11) is 0. The number of imide groups is 1. The molecule has 5 nitrogen and oxygen atoms in total. The van der Waals surface area contributed by atoms with Crippen LogP contribution < -0.4 is 4.90 Å². The number of carbonyl (C=O) groups excluding carboxylic acids is 2. The van der Waals surface area contributed by atoms with Gasteiger partial charge in [-0.1, -0.05) is 32.9 Å². The monoisotopic (exact) mass is 365 g/mol. The molecule has 1 aliphatic rings. The predicted molar refractivity (Wildman–Crippen MR) is 107 cm³/mol. The quantitative estimate of drug-likeness (QED) is 0.756. The molecule has 142 valence electrons. The van der Waals surface area contributed by atoms with Crippen molar-refractivity contribution in [2.24, 2.45) is 0 Å². The molecule has 5 heteroatoms. The van der Waals surface area contributed by atoms with Crippen LogP contribution in [0.15, 0.2) is 42.6 Å². The summed E-state index contributed by atoms with van der Waals surface area (Å²) in [6, 6.07) is 11.2. The lowest BCUT2D eigenvalue weighted by Gasteiger charge is -2.27. The van der Waals surface area contributed by atoms with E-state index < -0.39 is 5.54 Å². The van der Waals surface area contributed by atoms with E-state index in [1.54, 1.807) is 24.9 Å². The third kappa shape index (κ3) is 3.46. The molecule has 2 aromatic rings. The maximum Gasteiger partial charge on any atom is 0.332 e. The molecule has 1 saturated heterocycles. The van der Waals surface area contributed by atoms with E-state index in [-0.39, 0.29) is 17.4 Å². The molecule has 1 aliphatic heterocycles. The topological polar surface area (TPSA) is 53.5 Å². The lowest BCUT2D eigenvalue weighted by Crippen LogP contribution is -2.43. The van der Waals surface area contributed by atoms with Crippen LogP contribution in [0.5, 0.6) is 0 Å². The average molecular weight is 365 g/mol. The Labute approximate surface area is 161 Å². The summed E-state index contributed by atoms with van der Waals surface area (Å²) < 4.78 is 0. The summed E-state index contributed by atoms with van der Waals surface area (Å²) >= 11 is 0. The number of rotatable bonds is 3. The molecule has 0 saturated carbocycles. The van der Waals surface area contributed by atoms with Crippen LogP contribution in [0, 0.1) is 6.92 Å². The molecule has 3 rings (SSSR count). The zero-order valence-electron chi connectivity index (χ0n) is 16.9. The van der Waals surface area contributed by atoms with Crippen LogP contribution in [0.3, 0.4) is 0 Å². The third-order valence-electron chi connectivity index (χ3n) is 5.12. The highest BCUT2D eigenvalue weighted by atomic mass is 16.2. The minimum absolute atomic E-state index is 0.0159. The molecule has 2 heterocycles. The summed E-state index contributed by atoms with van der Waals surface area (Å²) in [5, 5.41) is 0. The molecular formula is C22H27N3O2. The lowest BCUT2D eigenvalue weighted by molar-refractivity contribution is -0.123. The van der Waals surface area contributed by atoms with E-state index in [0.29, 0.717) is 12.2 Å². The molecule has 3 amide bonds. The SMILES string of the molecule is Cc1cc(CN2C(=O)N(c3ccc(C(C)(C)C)cc3)C(=O)C2(C)C)ccn1. The molecule has 0 spiro atoms. The third-order valence-corrected chi connectivity index (χ3v) is 5.12. The maximum atomic E-state index is 13.1. The molecule has 1 fully saturated rings. The van der Waals surface area contributed by atoms with Gasteiger partial charge in [0.05, 0.1) is 5.69 Å². The second-order valence-corrected chi connectivity index (χ2v) is 8.67. The fourth-order valence-corrected chi connectivity index (χ4v) is 3.32. The van der Waals surface area contributed by atoms with Gasteiger partial charge in [0.25, 0.3) is 5.91 Å². The first-order chi connectivity index (χ1) is 12.5. The van der Waals surface area contributed by atoms with Crippen LogP contribution in [0.1, 0.15) is 51.4 Å². The maximum absolute atomic E-state index is 13.1. The molecular weight excluding hydrogens is 338 g/mol. The van der Waals surface area contributed by atoms with Gasteiger partial charge in [0.2, 0.25) is 0 Å². The van der Waals surface area contributed by atoms with Crippen molar-refractivity contribution in [3.8, 4) is 0 Å². The highest BCUT2D eigenvalue weighted by Gasteiger charge is 2.51. The van der Waals surface area contributed by atoms with Crippen molar-refractivity contribution >= 4 is 17.6 Å². The number of nitrogens with zero attached hydrogens (tertiary/aromatic N) is 3. The van der Waals surface area contributed by atoms with Gasteiger partial charge in [0.1, 0.15) is 5.54 Å². The van der Waals surface area contributed by atoms with Crippen molar-refractivity contribution in [2.45, 2.75) is 59.0 Å². The molecule has 1 aromatic carbocycles. The van der Waals surface area contributed by atoms with Crippen LogP contribution in [0.2, 0.25) is 0 Å². The fraction of sp³-hybridized carbons (Fsp3) is 0.409. The van der Waals surface area contributed by atoms with Crippen molar-refractivity contribution in [3.05, 3.63) is 59.4 Å². The second-order valence-electron chi connectivity index (χ2n) is 8.67. The van der Waals surface area contributed by atoms with E-state index in [4.69, 9.17) is 0 Å². The Morgan fingerprint density at radius 1 is 1.04 bits per heavy atom. The number of pyridine rings is 1. The van der Waals surface area contributed by atoms with Crippen molar-refractivity contribution < 1.29 is 9.59 Å². The normalized spacial score (nSPS) is 17.0. The summed E-state index contributed by atoms with van der Waals surface area (Å²) in [6.45, 7) is 12.3. The predicted octanol–water partition coefficient (Wildman–Crippen LogP) is 4.43. The van der Waals surface area contributed by atoms with Gasteiger partial charge in [-0.05, 0) is 61.6 Å². The molecule has 27 heavy (non-hydrogen) atoms. The zero-order chi connectivity index (χ0) is 20.0. The minimum atomic E-state index is -0.906. The lowest BCUT2D eigenvalue weighted by atomic mass is 9.87. The van der Waals surface area contributed by atoms with Gasteiger partial charge < -0.3 is 4.90 Å². The summed E-state index contributed by atoms with van der Waals surface area (Å²) in [6.07, 6.45) is 1.73. The number of hydrogen-bond donors (Lipinski definition) is 0. The van der Waals surface area contributed by atoms with Crippen molar-refractivity contribution in [3.63, 3.8) is 0 Å². The van der Waals surface area contributed by atoms with E-state index in [1.165, 1.54) is 4.90 Å². The van der Waals surface area contributed by atoms with Crippen molar-refractivity contribution in [1.82, 2.24) is 9.88 Å². The van der Waals surface area contributed by atoms with Crippen LogP contribution >= 0.6 is 0 Å². The summed E-state index contributed by atoms with van der Waals surface area (Å²) in [5.41, 5.74) is 2.73. The van der Waals surface area contributed by atoms with Crippen LogP contribution in [-0.2, 0) is 16.8 Å². The molecule has 0 atom stereocenters. The van der Waals surface area contributed by atoms with Crippen LogP contribution in [0.25, 0.3) is 0 Å². The molecule has 0 N–H and O–H groups in total. The number of carbonyl (C=O) groups is 2. The Hall–Kier alpha value is -2.69. The standard InChI is InChI=1S/C22H27N3O2/c1-15-13-16(11-12-23-15)14-24-20(27)25(19(26)22(24,5)6)18-9-7-17(8-10-18)21(2,3)4/h7-13H,14H2,1-6H3. The van der Waals surface area contributed by atoms with E-state index in [2.05, 4.69) is 25.8 Å². The number of aromatic nitrogens is 1. The van der Waals surface area contributed by atoms with Gasteiger partial charge in [-0.2, -0.15) is 0 Å². The highest BCUT2D eigenvalue weighted by molar-refractivity contribution is 6.22. The van der Waals surface area contributed by atoms with E-state index in [1.807, 2.05) is 43.3 Å². The van der Waals surface area contributed by atoms with E-state index in [9.17, 15) is 9.59 Å². The molecule has 0 aliphatic carbocycles. The van der Waals surface area contributed by atoms with Gasteiger partial charge in [-0.15, -0.1) is 0 Å². The van der Waals surface area contributed by atoms with E-state index >= 15 is 0 Å². The van der Waals surface area contributed by atoms with E-state index in [0.717, 1.165) is 16.8 Å². The minimum Gasteiger partial charge on any atom is -0.305 e. The zero-order valence-corrected chi connectivity index (χ0v) is 16.9. The molecule has 1 aromatic heterocycles. The largest absolute Gasteiger partial charge is 0.332 e. The first-order valence-corrected chi connectivity index (χ1v) is 9.20. The Kier molecular flexibility index (Phi) is 4.58. The summed E-state index contributed by atoms with van der Waals surface area (Å²) in [5.74, 6) is -0.207. The Morgan fingerprint density at radius 2 is 1.67 bits per heavy atom. The van der Waals surface area contributed by atoms with Crippen LogP contribution in [0.4, 0.5) is 10.5 Å². The number of hydrogen-bond acceptors (Lipinski definition) is 3. The number of urea groups is 1. The smallest absolute Gasteiger partial charge is 0.305 e. The molecule has 0 radical (unpaired) electrons. The second kappa shape index (κ2) is 6.48. The van der Waals surface area contributed by atoms with Gasteiger partial charge in [0.15, 0.2) is 0 Å². The number of amides is 3.